The van der Waals surface area contributed by atoms with Gasteiger partial charge in [-0.2, -0.15) is 5.10 Å². The van der Waals surface area contributed by atoms with E-state index in [1.807, 2.05) is 6.07 Å². The molecule has 0 aromatic carbocycles. The number of fused-ring (bicyclic) bond motifs is 1. The van der Waals surface area contributed by atoms with Gasteiger partial charge in [0.05, 0.1) is 12.2 Å². The second kappa shape index (κ2) is 6.15. The van der Waals surface area contributed by atoms with Gasteiger partial charge in [-0.15, -0.1) is 0 Å². The zero-order valence-electron chi connectivity index (χ0n) is 13.5. The molecule has 0 radical (unpaired) electrons. The number of rotatable bonds is 3. The maximum absolute atomic E-state index is 12.3. The van der Waals surface area contributed by atoms with Crippen LogP contribution < -0.4 is 5.56 Å². The molecule has 22 heavy (non-hydrogen) atoms. The van der Waals surface area contributed by atoms with Gasteiger partial charge in [0.1, 0.15) is 0 Å². The second-order valence-corrected chi connectivity index (χ2v) is 7.32. The molecule has 2 aliphatic carbocycles. The van der Waals surface area contributed by atoms with Crippen LogP contribution in [-0.4, -0.2) is 33.3 Å². The van der Waals surface area contributed by atoms with E-state index in [0.29, 0.717) is 6.04 Å². The maximum atomic E-state index is 12.3. The van der Waals surface area contributed by atoms with Crippen LogP contribution in [0.2, 0.25) is 0 Å². The van der Waals surface area contributed by atoms with E-state index in [4.69, 9.17) is 0 Å². The highest BCUT2D eigenvalue weighted by Crippen LogP contribution is 2.29. The number of aryl methyl sites for hydroxylation is 2. The van der Waals surface area contributed by atoms with Gasteiger partial charge in [-0.05, 0) is 57.1 Å². The van der Waals surface area contributed by atoms with Crippen molar-refractivity contribution in [2.45, 2.75) is 82.8 Å². The molecule has 120 valence electrons. The van der Waals surface area contributed by atoms with Crippen LogP contribution in [0.4, 0.5) is 0 Å². The van der Waals surface area contributed by atoms with Gasteiger partial charge in [-0.1, -0.05) is 19.3 Å². The highest BCUT2D eigenvalue weighted by atomic mass is 16.1. The highest BCUT2D eigenvalue weighted by Gasteiger charge is 2.32. The molecule has 4 heteroatoms. The molecule has 1 aromatic rings. The van der Waals surface area contributed by atoms with E-state index >= 15 is 0 Å². The number of hydrogen-bond acceptors (Lipinski definition) is 3. The molecule has 1 saturated heterocycles. The van der Waals surface area contributed by atoms with Crippen molar-refractivity contribution in [2.75, 3.05) is 6.54 Å². The molecule has 3 aliphatic rings. The Balaban J connectivity index is 1.51. The van der Waals surface area contributed by atoms with Crippen LogP contribution in [0.5, 0.6) is 0 Å². The molecular formula is C18H27N3O. The lowest BCUT2D eigenvalue weighted by molar-refractivity contribution is 0.128. The molecule has 1 aromatic heterocycles. The van der Waals surface area contributed by atoms with E-state index < -0.39 is 0 Å². The Morgan fingerprint density at radius 3 is 2.77 bits per heavy atom. The van der Waals surface area contributed by atoms with Crippen molar-refractivity contribution < 1.29 is 0 Å². The van der Waals surface area contributed by atoms with Gasteiger partial charge in [0.2, 0.25) is 0 Å². The van der Waals surface area contributed by atoms with Crippen molar-refractivity contribution >= 4 is 0 Å². The summed E-state index contributed by atoms with van der Waals surface area (Å²) in [6.07, 6.45) is 12.6. The molecule has 2 heterocycles. The summed E-state index contributed by atoms with van der Waals surface area (Å²) in [7, 11) is 0. The fourth-order valence-electron chi connectivity index (χ4n) is 4.72. The number of aromatic nitrogens is 2. The average Bonchev–Trinajstić information content (AvgIpc) is 3.17. The summed E-state index contributed by atoms with van der Waals surface area (Å²) in [5.74, 6) is 0. The van der Waals surface area contributed by atoms with E-state index in [9.17, 15) is 4.79 Å². The first kappa shape index (κ1) is 14.4. The molecule has 1 aliphatic heterocycles. The third-order valence-corrected chi connectivity index (χ3v) is 5.87. The Bertz CT molecular complexity index is 588. The van der Waals surface area contributed by atoms with Crippen molar-refractivity contribution in [3.8, 4) is 0 Å². The van der Waals surface area contributed by atoms with E-state index in [2.05, 4.69) is 10.00 Å². The van der Waals surface area contributed by atoms with Crippen molar-refractivity contribution in [3.05, 3.63) is 27.7 Å². The van der Waals surface area contributed by atoms with Gasteiger partial charge >= 0.3 is 0 Å². The molecular weight excluding hydrogens is 274 g/mol. The Morgan fingerprint density at radius 2 is 1.91 bits per heavy atom. The molecule has 0 spiro atoms. The molecule has 4 nitrogen and oxygen atoms in total. The van der Waals surface area contributed by atoms with Gasteiger partial charge in [0.15, 0.2) is 0 Å². The van der Waals surface area contributed by atoms with Crippen molar-refractivity contribution in [1.82, 2.24) is 14.7 Å². The quantitative estimate of drug-likeness (QED) is 0.861. The van der Waals surface area contributed by atoms with Crippen LogP contribution in [0.1, 0.15) is 62.6 Å². The van der Waals surface area contributed by atoms with Crippen LogP contribution in [-0.2, 0) is 19.4 Å². The van der Waals surface area contributed by atoms with Gasteiger partial charge in [-0.25, -0.2) is 4.68 Å². The third kappa shape index (κ3) is 2.73. The minimum absolute atomic E-state index is 0.108. The van der Waals surface area contributed by atoms with Crippen molar-refractivity contribution in [3.63, 3.8) is 0 Å². The summed E-state index contributed by atoms with van der Waals surface area (Å²) in [5.41, 5.74) is 2.47. The molecule has 2 fully saturated rings. The minimum atomic E-state index is 0.108. The average molecular weight is 301 g/mol. The van der Waals surface area contributed by atoms with Crippen LogP contribution in [0.3, 0.4) is 0 Å². The standard InChI is InChI=1S/C18H27N3O/c22-18-12-14-6-4-10-17(14)19-21(18)13-16-9-5-11-20(16)15-7-2-1-3-8-15/h12,15-16H,1-11,13H2. The summed E-state index contributed by atoms with van der Waals surface area (Å²) in [6, 6.07) is 3.12. The smallest absolute Gasteiger partial charge is 0.267 e. The predicted molar refractivity (Wildman–Crippen MR) is 87.1 cm³/mol. The predicted octanol–water partition coefficient (Wildman–Crippen LogP) is 2.53. The molecule has 0 bridgehead atoms. The Hall–Kier alpha value is -1.16. The summed E-state index contributed by atoms with van der Waals surface area (Å²) in [5, 5.41) is 4.67. The first-order valence-corrected chi connectivity index (χ1v) is 9.17. The van der Waals surface area contributed by atoms with Crippen LogP contribution in [0.15, 0.2) is 10.9 Å². The molecule has 4 rings (SSSR count). The first-order valence-electron chi connectivity index (χ1n) is 9.17. The summed E-state index contributed by atoms with van der Waals surface area (Å²) in [6.45, 7) is 2.01. The van der Waals surface area contributed by atoms with Crippen molar-refractivity contribution in [1.29, 1.82) is 0 Å². The van der Waals surface area contributed by atoms with E-state index in [1.165, 1.54) is 62.7 Å². The molecule has 1 unspecified atom stereocenters. The highest BCUT2D eigenvalue weighted by molar-refractivity contribution is 5.22. The largest absolute Gasteiger partial charge is 0.296 e. The van der Waals surface area contributed by atoms with E-state index in [-0.39, 0.29) is 5.56 Å². The zero-order chi connectivity index (χ0) is 14.9. The zero-order valence-corrected chi connectivity index (χ0v) is 13.5. The fraction of sp³-hybridized carbons (Fsp3) is 0.778. The minimum Gasteiger partial charge on any atom is -0.296 e. The van der Waals surface area contributed by atoms with Crippen LogP contribution in [0.25, 0.3) is 0 Å². The maximum Gasteiger partial charge on any atom is 0.267 e. The monoisotopic (exact) mass is 301 g/mol. The lowest BCUT2D eigenvalue weighted by Crippen LogP contribution is -2.43. The lowest BCUT2D eigenvalue weighted by atomic mass is 9.94. The van der Waals surface area contributed by atoms with Crippen LogP contribution in [0, 0.1) is 0 Å². The molecule has 1 saturated carbocycles. The Labute approximate surface area is 132 Å². The topological polar surface area (TPSA) is 38.1 Å². The summed E-state index contributed by atoms with van der Waals surface area (Å²) < 4.78 is 1.76. The summed E-state index contributed by atoms with van der Waals surface area (Å²) in [4.78, 5) is 15.0. The third-order valence-electron chi connectivity index (χ3n) is 5.87. The van der Waals surface area contributed by atoms with E-state index in [1.54, 1.807) is 4.68 Å². The van der Waals surface area contributed by atoms with Crippen molar-refractivity contribution in [2.24, 2.45) is 0 Å². The first-order chi connectivity index (χ1) is 10.8. The SMILES string of the molecule is O=c1cc2c(nn1CC1CCCN1C1CCCCC1)CCC2. The number of likely N-dealkylation sites (tertiary alicyclic amines) is 1. The molecule has 0 N–H and O–H groups in total. The normalized spacial score (nSPS) is 26.5. The van der Waals surface area contributed by atoms with Crippen LogP contribution >= 0.6 is 0 Å². The van der Waals surface area contributed by atoms with Gasteiger partial charge in [-0.3, -0.25) is 9.69 Å². The van der Waals surface area contributed by atoms with E-state index in [0.717, 1.165) is 31.8 Å². The fourth-order valence-corrected chi connectivity index (χ4v) is 4.72. The number of nitrogens with zero attached hydrogens (tertiary/aromatic N) is 3. The summed E-state index contributed by atoms with van der Waals surface area (Å²) >= 11 is 0. The second-order valence-electron chi connectivity index (χ2n) is 7.32. The molecule has 1 atom stereocenters. The number of hydrogen-bond donors (Lipinski definition) is 0. The lowest BCUT2D eigenvalue weighted by Gasteiger charge is -2.35. The van der Waals surface area contributed by atoms with Gasteiger partial charge in [0, 0.05) is 18.2 Å². The Morgan fingerprint density at radius 1 is 1.05 bits per heavy atom. The Kier molecular flexibility index (Phi) is 4.03. The van der Waals surface area contributed by atoms with Gasteiger partial charge < -0.3 is 0 Å². The van der Waals surface area contributed by atoms with Gasteiger partial charge in [0.25, 0.3) is 5.56 Å². The molecule has 0 amide bonds.